The predicted octanol–water partition coefficient (Wildman–Crippen LogP) is 18.1. The van der Waals surface area contributed by atoms with E-state index in [9.17, 15) is 41.9 Å². The lowest BCUT2D eigenvalue weighted by Gasteiger charge is -2.19. The van der Waals surface area contributed by atoms with E-state index in [1.54, 1.807) is 16.7 Å². The number of carbonyl (C=O) groups excluding carboxylic acids is 3. The fourth-order valence-corrected chi connectivity index (χ4v) is 9.80. The minimum Gasteiger partial charge on any atom is -0.478 e. The van der Waals surface area contributed by atoms with Gasteiger partial charge in [0.25, 0.3) is 17.4 Å². The van der Waals surface area contributed by atoms with Gasteiger partial charge in [-0.1, -0.05) is 143 Å². The maximum Gasteiger partial charge on any atom is 0.338 e. The van der Waals surface area contributed by atoms with Gasteiger partial charge in [0.15, 0.2) is 0 Å². The molecule has 7 aromatic carbocycles. The van der Waals surface area contributed by atoms with Crippen molar-refractivity contribution in [3.8, 4) is 5.69 Å². The van der Waals surface area contributed by atoms with Crippen LogP contribution in [0.1, 0.15) is 124 Å². The Morgan fingerprint density at radius 2 is 1.00 bits per heavy atom. The fraction of sp³-hybridized carbons (Fsp3) is 0.200. The van der Waals surface area contributed by atoms with Crippen molar-refractivity contribution in [3.63, 3.8) is 0 Å². The minimum atomic E-state index is -1.33. The first kappa shape index (κ1) is 70.5. The second kappa shape index (κ2) is 31.4. The molecule has 4 amide bonds. The summed E-state index contributed by atoms with van der Waals surface area (Å²) in [7, 11) is 0. The number of benzene rings is 7. The molecule has 1 heterocycles. The van der Waals surface area contributed by atoms with Crippen LogP contribution in [0.4, 0.5) is 29.3 Å². The van der Waals surface area contributed by atoms with E-state index in [4.69, 9.17) is 63.0 Å². The highest BCUT2D eigenvalue weighted by molar-refractivity contribution is 9.11. The van der Waals surface area contributed by atoms with Gasteiger partial charge in [-0.05, 0) is 184 Å². The molecule has 0 aliphatic heterocycles. The molecule has 8 rings (SSSR count). The number of halogens is 11. The molecule has 84 heavy (non-hydrogen) atoms. The third-order valence-electron chi connectivity index (χ3n) is 12.2. The van der Waals surface area contributed by atoms with E-state index < -0.39 is 58.1 Å². The number of aromatic amines is 1. The van der Waals surface area contributed by atoms with Gasteiger partial charge < -0.3 is 21.9 Å². The monoisotopic (exact) mass is 1480 g/mol. The number of nitrogens with two attached hydrogens (primary N) is 2. The Morgan fingerprint density at radius 1 is 0.583 bits per heavy atom. The number of fused-ring (bicyclic) bond motifs is 1. The number of hydrogen-bond donors (Lipinski definition) is 6. The number of aromatic nitrogens is 2. The summed E-state index contributed by atoms with van der Waals surface area (Å²) in [6, 6.07) is 26.9. The molecule has 444 valence electrons. The van der Waals surface area contributed by atoms with Crippen LogP contribution < -0.4 is 33.3 Å². The highest BCUT2D eigenvalue weighted by atomic mass is 79.9. The molecular formula is C60H55Br4Cl4F3N6O7. The van der Waals surface area contributed by atoms with Crippen molar-refractivity contribution < 1.29 is 37.5 Å². The Bertz CT molecular complexity index is 3870. The number of amides is 4. The number of primary amides is 1. The van der Waals surface area contributed by atoms with Gasteiger partial charge in [0, 0.05) is 29.3 Å². The Morgan fingerprint density at radius 3 is 1.49 bits per heavy atom. The Hall–Kier alpha value is -5.97. The van der Waals surface area contributed by atoms with Crippen molar-refractivity contribution >= 4 is 156 Å². The summed E-state index contributed by atoms with van der Waals surface area (Å²) in [6.45, 7) is 18.3. The van der Waals surface area contributed by atoms with Crippen molar-refractivity contribution in [1.82, 2.24) is 14.9 Å². The average Bonchev–Trinajstić information content (AvgIpc) is 3.46. The van der Waals surface area contributed by atoms with Crippen LogP contribution in [-0.4, -0.2) is 38.5 Å². The summed E-state index contributed by atoms with van der Waals surface area (Å²) in [5.74, 6) is -4.36. The molecule has 0 bridgehead atoms. The molecule has 0 spiro atoms. The average molecular weight is 1490 g/mol. The molecule has 0 fully saturated rings. The topological polar surface area (TPSA) is 219 Å². The standard InChI is InChI=1S/C18H17BrClFN2O2.C18H16BrClN2O2.C10H15N.C7H4BrClFNO.C7H3BrClFO2/c1-9(2)11-6-4-5-10(3)16(11)22-18(25)23-17(24)12-7-14(20)13(19)8-15(12)21;1-9(2)11-6-4-5-10(3)16(11)22-15-8-13(19)14(20)7-12(15)17(23)21-18(22)24;1-7(2)9-6-4-5-8(3)10(9)11;2*8-4-2-6(10)3(7(11)12)1-5(4)9/h4-9H,1-3H3,(H2,22,23,24,25);4-9H,1-3H3,(H,21,23,24);4-7H,11H2,1-3H3;1-2H,(H2,11,12);1-2H,(H,11,12). The first-order valence-electron chi connectivity index (χ1n) is 25.0. The van der Waals surface area contributed by atoms with Gasteiger partial charge in [-0.3, -0.25) is 29.3 Å². The molecule has 0 aliphatic rings. The van der Waals surface area contributed by atoms with Crippen LogP contribution in [0.2, 0.25) is 20.1 Å². The van der Waals surface area contributed by atoms with Gasteiger partial charge in [-0.15, -0.1) is 0 Å². The lowest BCUT2D eigenvalue weighted by atomic mass is 9.97. The van der Waals surface area contributed by atoms with Gasteiger partial charge in [-0.25, -0.2) is 27.6 Å². The van der Waals surface area contributed by atoms with Crippen LogP contribution in [0.25, 0.3) is 16.6 Å². The fourth-order valence-electron chi connectivity index (χ4n) is 7.87. The van der Waals surface area contributed by atoms with Crippen molar-refractivity contribution in [1.29, 1.82) is 0 Å². The van der Waals surface area contributed by atoms with Gasteiger partial charge in [0.1, 0.15) is 17.5 Å². The van der Waals surface area contributed by atoms with Crippen LogP contribution in [0.15, 0.2) is 131 Å². The molecule has 24 heteroatoms. The maximum atomic E-state index is 13.9. The number of carboxylic acids is 1. The molecule has 0 saturated carbocycles. The van der Waals surface area contributed by atoms with E-state index in [2.05, 4.69) is 119 Å². The Labute approximate surface area is 536 Å². The van der Waals surface area contributed by atoms with Gasteiger partial charge in [0.05, 0.1) is 53.4 Å². The molecule has 1 aromatic heterocycles. The molecule has 0 radical (unpaired) electrons. The zero-order valence-electron chi connectivity index (χ0n) is 46.2. The smallest absolute Gasteiger partial charge is 0.338 e. The quantitative estimate of drug-likeness (QED) is 0.0633. The first-order chi connectivity index (χ1) is 39.2. The number of nitrogens with zero attached hydrogens (tertiary/aromatic N) is 1. The summed E-state index contributed by atoms with van der Waals surface area (Å²) in [5.41, 5.74) is 18.1. The molecule has 8 aromatic rings. The van der Waals surface area contributed by atoms with Gasteiger partial charge >= 0.3 is 17.7 Å². The zero-order chi connectivity index (χ0) is 63.3. The van der Waals surface area contributed by atoms with E-state index in [1.807, 2.05) is 77.1 Å². The summed E-state index contributed by atoms with van der Waals surface area (Å²) in [4.78, 5) is 72.5. The number of para-hydroxylation sites is 3. The molecule has 0 saturated heterocycles. The molecule has 0 aliphatic carbocycles. The Balaban J connectivity index is 0.000000236. The summed E-state index contributed by atoms with van der Waals surface area (Å²) < 4.78 is 42.9. The normalized spacial score (nSPS) is 10.7. The number of carboxylic acid groups (broad SMARTS) is 1. The molecule has 8 N–H and O–H groups in total. The van der Waals surface area contributed by atoms with Gasteiger partial charge in [-0.2, -0.15) is 0 Å². The van der Waals surface area contributed by atoms with E-state index >= 15 is 0 Å². The molecule has 0 unspecified atom stereocenters. The maximum absolute atomic E-state index is 13.9. The number of H-pyrrole nitrogens is 1. The number of carbonyl (C=O) groups is 4. The van der Waals surface area contributed by atoms with Crippen LogP contribution >= 0.6 is 110 Å². The highest BCUT2D eigenvalue weighted by Gasteiger charge is 2.21. The number of nitrogen functional groups attached to an aromatic ring is 1. The van der Waals surface area contributed by atoms with Gasteiger partial charge in [0.2, 0.25) is 0 Å². The largest absolute Gasteiger partial charge is 0.478 e. The zero-order valence-corrected chi connectivity index (χ0v) is 55.6. The lowest BCUT2D eigenvalue weighted by molar-refractivity contribution is 0.0691. The van der Waals surface area contributed by atoms with Crippen molar-refractivity contribution in [3.05, 3.63) is 229 Å². The highest BCUT2D eigenvalue weighted by Crippen LogP contribution is 2.33. The summed E-state index contributed by atoms with van der Waals surface area (Å²) in [5, 5.41) is 14.7. The van der Waals surface area contributed by atoms with Crippen molar-refractivity contribution in [2.24, 2.45) is 5.73 Å². The number of rotatable bonds is 8. The van der Waals surface area contributed by atoms with E-state index in [1.165, 1.54) is 17.2 Å². The second-order valence-corrected chi connectivity index (χ2v) is 24.3. The molecular weight excluding hydrogens is 1440 g/mol. The number of aryl methyl sites for hydroxylation is 3. The Kier molecular flexibility index (Phi) is 26.4. The van der Waals surface area contributed by atoms with E-state index in [0.29, 0.717) is 45.4 Å². The number of nitrogens with one attached hydrogen (secondary N) is 3. The first-order valence-corrected chi connectivity index (χ1v) is 29.6. The third-order valence-corrected chi connectivity index (χ3v) is 17.0. The van der Waals surface area contributed by atoms with Crippen LogP contribution in [0.5, 0.6) is 0 Å². The van der Waals surface area contributed by atoms with Crippen LogP contribution in [0, 0.1) is 38.2 Å². The summed E-state index contributed by atoms with van der Waals surface area (Å²) >= 11 is 35.6. The van der Waals surface area contributed by atoms with Crippen LogP contribution in [0.3, 0.4) is 0 Å². The number of urea groups is 1. The second-order valence-electron chi connectivity index (χ2n) is 19.3. The summed E-state index contributed by atoms with van der Waals surface area (Å²) in [6.07, 6.45) is 0. The van der Waals surface area contributed by atoms with E-state index in [0.717, 1.165) is 64.0 Å². The molecule has 0 atom stereocenters. The number of aromatic carboxylic acids is 1. The third kappa shape index (κ3) is 18.5. The number of hydrogen-bond acceptors (Lipinski definition) is 7. The minimum absolute atomic E-state index is 0.174. The van der Waals surface area contributed by atoms with Crippen molar-refractivity contribution in [2.75, 3.05) is 11.1 Å². The lowest BCUT2D eigenvalue weighted by Crippen LogP contribution is -2.35. The molecule has 13 nitrogen and oxygen atoms in total. The number of anilines is 2. The van der Waals surface area contributed by atoms with Crippen molar-refractivity contribution in [2.45, 2.75) is 80.1 Å². The number of imide groups is 1. The van der Waals surface area contributed by atoms with E-state index in [-0.39, 0.29) is 38.0 Å². The predicted molar refractivity (Wildman–Crippen MR) is 346 cm³/mol. The van der Waals surface area contributed by atoms with Crippen LogP contribution in [-0.2, 0) is 0 Å². The SMILES string of the molecule is Cc1cccc(C(C)C)c1-n1c(=O)[nH]c(=O)c2cc(Cl)c(Br)cc21.Cc1cccc(C(C)C)c1N.Cc1cccc(C(C)C)c1NC(=O)NC(=O)c1cc(Cl)c(Br)cc1F.NC(=O)c1cc(Cl)c(Br)cc1F.O=C(O)c1cc(Cl)c(Br)cc1F.